The van der Waals surface area contributed by atoms with Crippen molar-refractivity contribution in [1.29, 1.82) is 0 Å². The Morgan fingerprint density at radius 3 is 2.44 bits per heavy atom. The molecule has 1 heterocycles. The van der Waals surface area contributed by atoms with Crippen molar-refractivity contribution in [3.8, 4) is 5.88 Å². The van der Waals surface area contributed by atoms with Gasteiger partial charge in [0.2, 0.25) is 5.88 Å². The average molecular weight is 235 g/mol. The van der Waals surface area contributed by atoms with Crippen LogP contribution in [0.15, 0.2) is 12.4 Å². The summed E-state index contributed by atoms with van der Waals surface area (Å²) in [6.07, 6.45) is -5.21. The first-order valence-corrected chi connectivity index (χ1v) is 4.61. The average Bonchev–Trinajstić information content (AvgIpc) is 2.16. The number of aromatic nitrogens is 2. The Bertz CT molecular complexity index is 354. The maximum atomic E-state index is 12.2. The summed E-state index contributed by atoms with van der Waals surface area (Å²) in [5.74, 6) is -0.132. The molecule has 2 N–H and O–H groups in total. The SMILES string of the molecule is CC(N)c1cc(OC(C)C(F)(F)F)ncn1. The van der Waals surface area contributed by atoms with Crippen LogP contribution < -0.4 is 10.5 Å². The van der Waals surface area contributed by atoms with E-state index in [1.807, 2.05) is 0 Å². The fraction of sp³-hybridized carbons (Fsp3) is 0.556. The largest absolute Gasteiger partial charge is 0.465 e. The van der Waals surface area contributed by atoms with Crippen LogP contribution in [0, 0.1) is 0 Å². The third kappa shape index (κ3) is 3.34. The standard InChI is InChI=1S/C9H12F3N3O/c1-5(13)7-3-8(15-4-14-7)16-6(2)9(10,11)12/h3-6H,13H2,1-2H3. The molecule has 0 aliphatic carbocycles. The van der Waals surface area contributed by atoms with Crippen molar-refractivity contribution in [2.45, 2.75) is 32.2 Å². The molecular formula is C9H12F3N3O. The fourth-order valence-corrected chi connectivity index (χ4v) is 0.915. The maximum Gasteiger partial charge on any atom is 0.425 e. The van der Waals surface area contributed by atoms with Crippen molar-refractivity contribution in [1.82, 2.24) is 9.97 Å². The zero-order chi connectivity index (χ0) is 12.3. The van der Waals surface area contributed by atoms with E-state index < -0.39 is 12.3 Å². The van der Waals surface area contributed by atoms with Gasteiger partial charge in [-0.3, -0.25) is 0 Å². The van der Waals surface area contributed by atoms with E-state index in [1.54, 1.807) is 6.92 Å². The van der Waals surface area contributed by atoms with E-state index in [0.717, 1.165) is 13.3 Å². The molecule has 0 saturated carbocycles. The highest BCUT2D eigenvalue weighted by molar-refractivity contribution is 5.16. The highest BCUT2D eigenvalue weighted by atomic mass is 19.4. The van der Waals surface area contributed by atoms with Crippen LogP contribution in [0.1, 0.15) is 25.6 Å². The molecule has 7 heteroatoms. The Labute approximate surface area is 90.6 Å². The van der Waals surface area contributed by atoms with Crippen molar-refractivity contribution < 1.29 is 17.9 Å². The minimum Gasteiger partial charge on any atom is -0.465 e. The van der Waals surface area contributed by atoms with E-state index in [-0.39, 0.29) is 11.9 Å². The summed E-state index contributed by atoms with van der Waals surface area (Å²) in [5, 5.41) is 0. The number of halogens is 3. The number of nitrogens with two attached hydrogens (primary N) is 1. The molecule has 1 rings (SSSR count). The second-order valence-electron chi connectivity index (χ2n) is 3.37. The fourth-order valence-electron chi connectivity index (χ4n) is 0.915. The molecule has 0 bridgehead atoms. The van der Waals surface area contributed by atoms with E-state index in [0.29, 0.717) is 5.69 Å². The maximum absolute atomic E-state index is 12.2. The zero-order valence-electron chi connectivity index (χ0n) is 8.82. The van der Waals surface area contributed by atoms with Crippen molar-refractivity contribution in [2.24, 2.45) is 5.73 Å². The highest BCUT2D eigenvalue weighted by Crippen LogP contribution is 2.24. The summed E-state index contributed by atoms with van der Waals surface area (Å²) in [6.45, 7) is 2.58. The third-order valence-corrected chi connectivity index (χ3v) is 1.89. The van der Waals surface area contributed by atoms with Gasteiger partial charge in [-0.05, 0) is 13.8 Å². The molecule has 0 fully saturated rings. The van der Waals surface area contributed by atoms with Crippen molar-refractivity contribution >= 4 is 0 Å². The normalized spacial score (nSPS) is 15.6. The number of ether oxygens (including phenoxy) is 1. The topological polar surface area (TPSA) is 61.0 Å². The van der Waals surface area contributed by atoms with Crippen molar-refractivity contribution in [2.75, 3.05) is 0 Å². The summed E-state index contributed by atoms with van der Waals surface area (Å²) in [6, 6.07) is 0.916. The summed E-state index contributed by atoms with van der Waals surface area (Å²) in [4.78, 5) is 7.40. The van der Waals surface area contributed by atoms with E-state index in [9.17, 15) is 13.2 Å². The first kappa shape index (κ1) is 12.7. The molecule has 90 valence electrons. The quantitative estimate of drug-likeness (QED) is 0.868. The van der Waals surface area contributed by atoms with E-state index in [4.69, 9.17) is 5.73 Å². The molecular weight excluding hydrogens is 223 g/mol. The van der Waals surface area contributed by atoms with Gasteiger partial charge in [-0.15, -0.1) is 0 Å². The molecule has 0 amide bonds. The monoisotopic (exact) mass is 235 g/mol. The van der Waals surface area contributed by atoms with E-state index >= 15 is 0 Å². The van der Waals surface area contributed by atoms with Crippen molar-refractivity contribution in [3.05, 3.63) is 18.1 Å². The highest BCUT2D eigenvalue weighted by Gasteiger charge is 2.38. The van der Waals surface area contributed by atoms with Gasteiger partial charge in [0.25, 0.3) is 0 Å². The number of rotatable bonds is 3. The Morgan fingerprint density at radius 2 is 1.94 bits per heavy atom. The van der Waals surface area contributed by atoms with Crippen LogP contribution in [-0.2, 0) is 0 Å². The molecule has 0 saturated heterocycles. The first-order chi connectivity index (χ1) is 7.30. The minimum atomic E-state index is -4.42. The van der Waals surface area contributed by atoms with Crippen molar-refractivity contribution in [3.63, 3.8) is 0 Å². The summed E-state index contributed by atoms with van der Waals surface area (Å²) in [7, 11) is 0. The molecule has 1 aromatic rings. The predicted molar refractivity (Wildman–Crippen MR) is 50.8 cm³/mol. The lowest BCUT2D eigenvalue weighted by molar-refractivity contribution is -0.190. The number of hydrogen-bond donors (Lipinski definition) is 1. The number of alkyl halides is 3. The van der Waals surface area contributed by atoms with Crippen LogP contribution in [-0.4, -0.2) is 22.2 Å². The molecule has 0 aliphatic rings. The molecule has 0 aromatic carbocycles. The Kier molecular flexibility index (Phi) is 3.69. The summed E-state index contributed by atoms with van der Waals surface area (Å²) in [5.41, 5.74) is 5.96. The van der Waals surface area contributed by atoms with Gasteiger partial charge in [-0.1, -0.05) is 0 Å². The van der Waals surface area contributed by atoms with Gasteiger partial charge in [-0.25, -0.2) is 9.97 Å². The smallest absolute Gasteiger partial charge is 0.425 e. The van der Waals surface area contributed by atoms with E-state index in [1.165, 1.54) is 6.07 Å². The van der Waals surface area contributed by atoms with Crippen LogP contribution in [0.2, 0.25) is 0 Å². The Hall–Kier alpha value is -1.37. The molecule has 0 aliphatic heterocycles. The van der Waals surface area contributed by atoms with Crippen LogP contribution in [0.4, 0.5) is 13.2 Å². The number of nitrogens with zero attached hydrogens (tertiary/aromatic N) is 2. The molecule has 2 atom stereocenters. The molecule has 0 radical (unpaired) electrons. The van der Waals surface area contributed by atoms with Gasteiger partial charge in [0.05, 0.1) is 5.69 Å². The van der Waals surface area contributed by atoms with Crippen LogP contribution in [0.3, 0.4) is 0 Å². The second kappa shape index (κ2) is 4.65. The summed E-state index contributed by atoms with van der Waals surface area (Å²) < 4.78 is 41.2. The third-order valence-electron chi connectivity index (χ3n) is 1.89. The molecule has 16 heavy (non-hydrogen) atoms. The lowest BCUT2D eigenvalue weighted by Gasteiger charge is -2.17. The minimum absolute atomic E-state index is 0.132. The van der Waals surface area contributed by atoms with Gasteiger partial charge in [-0.2, -0.15) is 13.2 Å². The van der Waals surface area contributed by atoms with Crippen LogP contribution in [0.5, 0.6) is 5.88 Å². The molecule has 2 unspecified atom stereocenters. The zero-order valence-corrected chi connectivity index (χ0v) is 8.82. The lowest BCUT2D eigenvalue weighted by atomic mass is 10.2. The Morgan fingerprint density at radius 1 is 1.31 bits per heavy atom. The summed E-state index contributed by atoms with van der Waals surface area (Å²) >= 11 is 0. The Balaban J connectivity index is 2.78. The van der Waals surface area contributed by atoms with Gasteiger partial charge in [0.15, 0.2) is 6.10 Å². The van der Waals surface area contributed by atoms with Gasteiger partial charge in [0, 0.05) is 12.1 Å². The van der Waals surface area contributed by atoms with Crippen LogP contribution >= 0.6 is 0 Å². The molecule has 1 aromatic heterocycles. The molecule has 0 spiro atoms. The predicted octanol–water partition coefficient (Wildman–Crippen LogP) is 1.83. The van der Waals surface area contributed by atoms with Gasteiger partial charge >= 0.3 is 6.18 Å². The second-order valence-corrected chi connectivity index (χ2v) is 3.37. The first-order valence-electron chi connectivity index (χ1n) is 4.61. The van der Waals surface area contributed by atoms with E-state index in [2.05, 4.69) is 14.7 Å². The number of hydrogen-bond acceptors (Lipinski definition) is 4. The molecule has 4 nitrogen and oxygen atoms in total. The van der Waals surface area contributed by atoms with Crippen LogP contribution in [0.25, 0.3) is 0 Å². The lowest BCUT2D eigenvalue weighted by Crippen LogP contribution is -2.31. The van der Waals surface area contributed by atoms with Gasteiger partial charge < -0.3 is 10.5 Å². The van der Waals surface area contributed by atoms with Gasteiger partial charge in [0.1, 0.15) is 6.33 Å².